The van der Waals surface area contributed by atoms with Crippen LogP contribution in [-0.2, 0) is 12.8 Å². The quantitative estimate of drug-likeness (QED) is 0.819. The molecule has 1 aromatic rings. The van der Waals surface area contributed by atoms with E-state index in [9.17, 15) is 4.79 Å². The zero-order valence-corrected chi connectivity index (χ0v) is 11.6. The molecule has 0 saturated heterocycles. The Morgan fingerprint density at radius 2 is 2.00 bits per heavy atom. The second-order valence-electron chi connectivity index (χ2n) is 5.28. The molecule has 1 aliphatic rings. The van der Waals surface area contributed by atoms with Gasteiger partial charge in [-0.3, -0.25) is 4.79 Å². The molecule has 0 saturated carbocycles. The molecule has 0 spiro atoms. The van der Waals surface area contributed by atoms with Crippen LogP contribution < -0.4 is 11.1 Å². The summed E-state index contributed by atoms with van der Waals surface area (Å²) in [5, 5.41) is 2.86. The number of carbonyl (C=O) groups excluding carboxylic acids is 1. The normalized spacial score (nSPS) is 14.1. The smallest absolute Gasteiger partial charge is 0.252 e. The molecule has 4 heteroatoms. The minimum atomic E-state index is -0.661. The lowest BCUT2D eigenvalue weighted by molar-refractivity contribution is 0.0932. The Labute approximate surface area is 113 Å². The van der Waals surface area contributed by atoms with E-state index >= 15 is 0 Å². The molecule has 1 aromatic carbocycles. The number of aryl methyl sites for hydroxylation is 2. The molecule has 3 N–H and O–H groups in total. The number of hydrogen-bond donors (Lipinski definition) is 2. The molecule has 0 aliphatic heterocycles. The molecular formula is C14H18N2OS. The third-order valence-corrected chi connectivity index (χ3v) is 3.91. The van der Waals surface area contributed by atoms with Gasteiger partial charge in [0, 0.05) is 5.56 Å². The molecule has 0 unspecified atom stereocenters. The zero-order chi connectivity index (χ0) is 13.3. The van der Waals surface area contributed by atoms with Crippen molar-refractivity contribution in [3.05, 3.63) is 34.9 Å². The molecule has 0 heterocycles. The van der Waals surface area contributed by atoms with Crippen LogP contribution in [0.25, 0.3) is 0 Å². The predicted molar refractivity (Wildman–Crippen MR) is 76.8 cm³/mol. The van der Waals surface area contributed by atoms with E-state index < -0.39 is 5.54 Å². The Balaban J connectivity index is 2.17. The van der Waals surface area contributed by atoms with Crippen LogP contribution >= 0.6 is 12.2 Å². The fraction of sp³-hybridized carbons (Fsp3) is 0.429. The van der Waals surface area contributed by atoms with E-state index in [0.29, 0.717) is 5.56 Å². The third-order valence-electron chi connectivity index (χ3n) is 3.40. The highest BCUT2D eigenvalue weighted by Crippen LogP contribution is 2.23. The Morgan fingerprint density at radius 3 is 2.67 bits per heavy atom. The lowest BCUT2D eigenvalue weighted by Gasteiger charge is -2.24. The van der Waals surface area contributed by atoms with Crippen molar-refractivity contribution in [3.8, 4) is 0 Å². The number of benzene rings is 1. The standard InChI is InChI=1S/C14H18N2OS/c1-14(2,13(15)18)16-12(17)11-7-6-9-4-3-5-10(9)8-11/h6-8H,3-5H2,1-2H3,(H2,15,18)(H,16,17). The Bertz CT molecular complexity index is 509. The van der Waals surface area contributed by atoms with E-state index in [1.807, 2.05) is 18.2 Å². The lowest BCUT2D eigenvalue weighted by Crippen LogP contribution is -2.52. The summed E-state index contributed by atoms with van der Waals surface area (Å²) in [6.45, 7) is 3.61. The number of carbonyl (C=O) groups is 1. The predicted octanol–water partition coefficient (Wildman–Crippen LogP) is 1.97. The molecule has 0 atom stereocenters. The molecule has 18 heavy (non-hydrogen) atoms. The maximum absolute atomic E-state index is 12.1. The van der Waals surface area contributed by atoms with Crippen molar-refractivity contribution in [1.29, 1.82) is 0 Å². The van der Waals surface area contributed by atoms with E-state index in [1.54, 1.807) is 13.8 Å². The summed E-state index contributed by atoms with van der Waals surface area (Å²) >= 11 is 4.94. The van der Waals surface area contributed by atoms with Crippen molar-refractivity contribution in [1.82, 2.24) is 5.32 Å². The van der Waals surface area contributed by atoms with E-state index in [4.69, 9.17) is 18.0 Å². The van der Waals surface area contributed by atoms with Gasteiger partial charge < -0.3 is 11.1 Å². The maximum atomic E-state index is 12.1. The molecule has 2 rings (SSSR count). The van der Waals surface area contributed by atoms with Crippen LogP contribution in [0.1, 0.15) is 41.8 Å². The first-order valence-electron chi connectivity index (χ1n) is 6.14. The fourth-order valence-electron chi connectivity index (χ4n) is 2.13. The lowest BCUT2D eigenvalue weighted by atomic mass is 10.0. The average Bonchev–Trinajstić information content (AvgIpc) is 2.74. The van der Waals surface area contributed by atoms with Gasteiger partial charge in [-0.2, -0.15) is 0 Å². The Hall–Kier alpha value is -1.42. The second-order valence-corrected chi connectivity index (χ2v) is 5.72. The molecule has 0 aromatic heterocycles. The summed E-state index contributed by atoms with van der Waals surface area (Å²) in [6, 6.07) is 5.90. The number of nitrogens with one attached hydrogen (secondary N) is 1. The average molecular weight is 262 g/mol. The first-order chi connectivity index (χ1) is 8.40. The van der Waals surface area contributed by atoms with Crippen LogP contribution in [0, 0.1) is 0 Å². The highest BCUT2D eigenvalue weighted by atomic mass is 32.1. The number of fused-ring (bicyclic) bond motifs is 1. The van der Waals surface area contributed by atoms with E-state index in [2.05, 4.69) is 5.32 Å². The van der Waals surface area contributed by atoms with Gasteiger partial charge in [-0.05, 0) is 56.4 Å². The van der Waals surface area contributed by atoms with Crippen LogP contribution in [-0.4, -0.2) is 16.4 Å². The van der Waals surface area contributed by atoms with Crippen LogP contribution in [0.15, 0.2) is 18.2 Å². The molecule has 0 radical (unpaired) electrons. The second kappa shape index (κ2) is 4.69. The summed E-state index contributed by atoms with van der Waals surface area (Å²) in [5.41, 5.74) is 8.27. The number of nitrogens with two attached hydrogens (primary N) is 1. The highest BCUT2D eigenvalue weighted by Gasteiger charge is 2.24. The molecular weight excluding hydrogens is 244 g/mol. The number of rotatable bonds is 3. The first-order valence-corrected chi connectivity index (χ1v) is 6.55. The third kappa shape index (κ3) is 2.53. The van der Waals surface area contributed by atoms with Crippen molar-refractivity contribution >= 4 is 23.1 Å². The SMILES string of the molecule is CC(C)(NC(=O)c1ccc2c(c1)CCC2)C(N)=S. The van der Waals surface area contributed by atoms with Crippen molar-refractivity contribution in [2.24, 2.45) is 5.73 Å². The van der Waals surface area contributed by atoms with E-state index in [1.165, 1.54) is 17.5 Å². The van der Waals surface area contributed by atoms with Crippen LogP contribution in [0.2, 0.25) is 0 Å². The largest absolute Gasteiger partial charge is 0.391 e. The van der Waals surface area contributed by atoms with Gasteiger partial charge in [0.05, 0.1) is 10.5 Å². The van der Waals surface area contributed by atoms with Gasteiger partial charge in [0.25, 0.3) is 5.91 Å². The maximum Gasteiger partial charge on any atom is 0.252 e. The van der Waals surface area contributed by atoms with Crippen LogP contribution in [0.3, 0.4) is 0 Å². The van der Waals surface area contributed by atoms with E-state index in [-0.39, 0.29) is 10.9 Å². The van der Waals surface area contributed by atoms with Gasteiger partial charge in [0.15, 0.2) is 0 Å². The van der Waals surface area contributed by atoms with Gasteiger partial charge in [0.1, 0.15) is 0 Å². The van der Waals surface area contributed by atoms with Crippen molar-refractivity contribution < 1.29 is 4.79 Å². The monoisotopic (exact) mass is 262 g/mol. The van der Waals surface area contributed by atoms with Crippen molar-refractivity contribution in [2.75, 3.05) is 0 Å². The van der Waals surface area contributed by atoms with Crippen molar-refractivity contribution in [3.63, 3.8) is 0 Å². The summed E-state index contributed by atoms with van der Waals surface area (Å²) in [5.74, 6) is -0.123. The molecule has 96 valence electrons. The Kier molecular flexibility index (Phi) is 3.39. The van der Waals surface area contributed by atoms with E-state index in [0.717, 1.165) is 12.8 Å². The fourth-order valence-corrected chi connectivity index (χ4v) is 2.18. The van der Waals surface area contributed by atoms with Gasteiger partial charge in [-0.25, -0.2) is 0 Å². The first kappa shape index (κ1) is 13.0. The summed E-state index contributed by atoms with van der Waals surface area (Å²) in [6.07, 6.45) is 3.36. The molecule has 1 aliphatic carbocycles. The van der Waals surface area contributed by atoms with Crippen LogP contribution in [0.5, 0.6) is 0 Å². The number of thiocarbonyl (C=S) groups is 1. The molecule has 3 nitrogen and oxygen atoms in total. The molecule has 0 bridgehead atoms. The summed E-state index contributed by atoms with van der Waals surface area (Å²) < 4.78 is 0. The minimum absolute atomic E-state index is 0.123. The molecule has 0 fully saturated rings. The van der Waals surface area contributed by atoms with Gasteiger partial charge in [-0.1, -0.05) is 18.3 Å². The van der Waals surface area contributed by atoms with Crippen molar-refractivity contribution in [2.45, 2.75) is 38.6 Å². The Morgan fingerprint density at radius 1 is 1.33 bits per heavy atom. The van der Waals surface area contributed by atoms with Gasteiger partial charge in [-0.15, -0.1) is 0 Å². The highest BCUT2D eigenvalue weighted by molar-refractivity contribution is 7.80. The summed E-state index contributed by atoms with van der Waals surface area (Å²) in [7, 11) is 0. The number of amides is 1. The molecule has 1 amide bonds. The van der Waals surface area contributed by atoms with Gasteiger partial charge in [0.2, 0.25) is 0 Å². The topological polar surface area (TPSA) is 55.1 Å². The zero-order valence-electron chi connectivity index (χ0n) is 10.7. The van der Waals surface area contributed by atoms with Gasteiger partial charge >= 0.3 is 0 Å². The summed E-state index contributed by atoms with van der Waals surface area (Å²) in [4.78, 5) is 12.4. The van der Waals surface area contributed by atoms with Crippen LogP contribution in [0.4, 0.5) is 0 Å². The minimum Gasteiger partial charge on any atom is -0.391 e. The number of hydrogen-bond acceptors (Lipinski definition) is 2.